The van der Waals surface area contributed by atoms with E-state index < -0.39 is 188 Å². The summed E-state index contributed by atoms with van der Waals surface area (Å²) in [6.45, 7) is 0.0699. The lowest BCUT2D eigenvalue weighted by molar-refractivity contribution is -0.364. The zero-order valence-corrected chi connectivity index (χ0v) is 55.0. The van der Waals surface area contributed by atoms with E-state index in [0.717, 1.165) is 64.2 Å². The third kappa shape index (κ3) is 28.4. The molecule has 4 fully saturated rings. The number of carbonyl (C=O) groups excluding carboxylic acids is 2. The Kier molecular flexibility index (Phi) is 40.8. The van der Waals surface area contributed by atoms with Crippen LogP contribution in [0, 0.1) is 0 Å². The van der Waals surface area contributed by atoms with Crippen molar-refractivity contribution in [1.82, 2.24) is 0 Å². The van der Waals surface area contributed by atoms with Crippen LogP contribution < -0.4 is 0 Å². The molecule has 92 heavy (non-hydrogen) atoms. The number of aliphatic hydroxyl groups excluding tert-OH is 14. The summed E-state index contributed by atoms with van der Waals surface area (Å²) in [6.07, 6.45) is -11.0. The zero-order valence-electron chi connectivity index (χ0n) is 54.1. The molecule has 3 saturated heterocycles. The minimum absolute atomic E-state index is 0.0111. The first kappa shape index (κ1) is 82.4. The second-order valence-electron chi connectivity index (χ2n) is 25.1. The van der Waals surface area contributed by atoms with Gasteiger partial charge in [0.2, 0.25) is 0 Å². The van der Waals surface area contributed by atoms with Gasteiger partial charge in [-0.05, 0) is 38.5 Å². The molecule has 3 heterocycles. The normalized spacial score (nSPS) is 33.8. The number of hydrogen-bond donors (Lipinski definition) is 15. The Bertz CT molecular complexity index is 2030. The molecular weight excluding hydrogens is 1240 g/mol. The van der Waals surface area contributed by atoms with Gasteiger partial charge in [-0.25, -0.2) is 4.57 Å². The molecule has 0 aromatic carbocycles. The summed E-state index contributed by atoms with van der Waals surface area (Å²) < 4.78 is 69.9. The van der Waals surface area contributed by atoms with Crippen LogP contribution in [0.15, 0.2) is 12.2 Å². The second kappa shape index (κ2) is 45.5. The van der Waals surface area contributed by atoms with E-state index in [2.05, 4.69) is 26.0 Å². The minimum atomic E-state index is -5.75. The van der Waals surface area contributed by atoms with E-state index >= 15 is 0 Å². The molecule has 23 atom stereocenters. The van der Waals surface area contributed by atoms with Crippen LogP contribution in [0.4, 0.5) is 0 Å². The highest BCUT2D eigenvalue weighted by atomic mass is 31.2. The molecule has 0 spiro atoms. The van der Waals surface area contributed by atoms with E-state index in [1.807, 2.05) is 0 Å². The van der Waals surface area contributed by atoms with Crippen molar-refractivity contribution in [3.63, 3.8) is 0 Å². The van der Waals surface area contributed by atoms with Gasteiger partial charge < -0.3 is 114 Å². The largest absolute Gasteiger partial charge is 0.472 e. The van der Waals surface area contributed by atoms with Crippen molar-refractivity contribution in [3.05, 3.63) is 12.2 Å². The van der Waals surface area contributed by atoms with Crippen LogP contribution in [-0.2, 0) is 61.1 Å². The monoisotopic (exact) mass is 1350 g/mol. The number of phosphoric acid groups is 1. The maximum absolute atomic E-state index is 14.3. The zero-order chi connectivity index (χ0) is 67.6. The summed E-state index contributed by atoms with van der Waals surface area (Å²) in [4.78, 5) is 38.0. The average molecular weight is 1350 g/mol. The average Bonchev–Trinajstić information content (AvgIpc) is 0.800. The van der Waals surface area contributed by atoms with Gasteiger partial charge in [0.05, 0.1) is 26.4 Å². The van der Waals surface area contributed by atoms with Crippen LogP contribution in [0.3, 0.4) is 0 Å². The Hall–Kier alpha value is -2.01. The first-order chi connectivity index (χ1) is 44.1. The lowest BCUT2D eigenvalue weighted by atomic mass is 9.84. The number of allylic oxidation sites excluding steroid dienone is 2. The maximum atomic E-state index is 14.3. The molecule has 0 radical (unpaired) electrons. The fourth-order valence-corrected chi connectivity index (χ4v) is 12.6. The number of carbonyl (C=O) groups is 2. The van der Waals surface area contributed by atoms with Gasteiger partial charge in [0.1, 0.15) is 116 Å². The Labute approximate surface area is 542 Å². The molecule has 0 bridgehead atoms. The summed E-state index contributed by atoms with van der Waals surface area (Å²) in [5, 5.41) is 150. The summed E-state index contributed by atoms with van der Waals surface area (Å²) >= 11 is 0. The first-order valence-corrected chi connectivity index (χ1v) is 35.5. The molecule has 1 aliphatic carbocycles. The molecule has 4 aliphatic rings. The highest BCUT2D eigenvalue weighted by Crippen LogP contribution is 2.49. The Morgan fingerprint density at radius 2 is 0.783 bits per heavy atom. The van der Waals surface area contributed by atoms with Crippen molar-refractivity contribution in [3.8, 4) is 0 Å². The molecule has 15 N–H and O–H groups in total. The number of unbranched alkanes of at least 4 members (excludes halogenated alkanes) is 25. The van der Waals surface area contributed by atoms with E-state index in [4.69, 9.17) is 46.9 Å². The van der Waals surface area contributed by atoms with E-state index in [-0.39, 0.29) is 12.8 Å². The van der Waals surface area contributed by atoms with Crippen molar-refractivity contribution in [2.75, 3.05) is 33.0 Å². The fraction of sp³-hybridized carbons (Fsp3) is 0.937. The van der Waals surface area contributed by atoms with Crippen LogP contribution >= 0.6 is 7.82 Å². The van der Waals surface area contributed by atoms with Crippen molar-refractivity contribution in [2.24, 2.45) is 0 Å². The molecule has 28 nitrogen and oxygen atoms in total. The van der Waals surface area contributed by atoms with E-state index in [1.165, 1.54) is 96.3 Å². The van der Waals surface area contributed by atoms with E-state index in [9.17, 15) is 90.5 Å². The van der Waals surface area contributed by atoms with Gasteiger partial charge in [0.15, 0.2) is 25.0 Å². The van der Waals surface area contributed by atoms with E-state index in [0.29, 0.717) is 19.3 Å². The number of ether oxygens (including phenoxy) is 8. The molecule has 1 saturated carbocycles. The maximum Gasteiger partial charge on any atom is 0.472 e. The third-order valence-corrected chi connectivity index (χ3v) is 18.4. The molecule has 0 aromatic heterocycles. The summed E-state index contributed by atoms with van der Waals surface area (Å²) in [5.74, 6) is -1.40. The van der Waals surface area contributed by atoms with Crippen LogP contribution in [-0.4, -0.2) is 256 Å². The van der Waals surface area contributed by atoms with Gasteiger partial charge in [-0.2, -0.15) is 0 Å². The topological polar surface area (TPSA) is 447 Å². The van der Waals surface area contributed by atoms with Gasteiger partial charge in [-0.1, -0.05) is 167 Å². The number of hydrogen-bond acceptors (Lipinski definition) is 27. The van der Waals surface area contributed by atoms with Crippen molar-refractivity contribution in [1.29, 1.82) is 0 Å². The SMILES string of the molecule is CCCCCCCC/C=C\CCCCCCCC(=O)OC[C@H](COP(=O)(O)O[C@@H]1C(O[C@@H]2OC(CO[C@@H]3OC(CO)[C@H](O)C(O)[C@@H]3O)[C@H](O)C(O)[C@@H]2O)C(O)[C@@H](O)C(O)[C@H]1O[C@H]1OC(CO)[C@@H](O)C(O)[C@H]1O)OC(=O)CCCCCCCCCCCCCCCCC. The van der Waals surface area contributed by atoms with Crippen LogP contribution in [0.5, 0.6) is 0 Å². The van der Waals surface area contributed by atoms with E-state index in [1.54, 1.807) is 0 Å². The van der Waals surface area contributed by atoms with Crippen molar-refractivity contribution in [2.45, 2.75) is 341 Å². The third-order valence-electron chi connectivity index (χ3n) is 17.4. The van der Waals surface area contributed by atoms with Crippen LogP contribution in [0.25, 0.3) is 0 Å². The summed E-state index contributed by atoms with van der Waals surface area (Å²) in [5.41, 5.74) is 0. The Morgan fingerprint density at radius 3 is 1.22 bits per heavy atom. The molecule has 10 unspecified atom stereocenters. The molecule has 0 amide bonds. The second-order valence-corrected chi connectivity index (χ2v) is 26.5. The lowest BCUT2D eigenvalue weighted by Crippen LogP contribution is -2.69. The highest BCUT2D eigenvalue weighted by Gasteiger charge is 2.58. The fourth-order valence-electron chi connectivity index (χ4n) is 11.6. The molecule has 3 aliphatic heterocycles. The van der Waals surface area contributed by atoms with Gasteiger partial charge in [0.25, 0.3) is 0 Å². The van der Waals surface area contributed by atoms with Gasteiger partial charge in [0, 0.05) is 12.8 Å². The minimum Gasteiger partial charge on any atom is -0.462 e. The van der Waals surface area contributed by atoms with Crippen molar-refractivity contribution >= 4 is 19.8 Å². The number of esters is 2. The lowest BCUT2D eigenvalue weighted by Gasteiger charge is -2.49. The number of aliphatic hydroxyl groups is 14. The van der Waals surface area contributed by atoms with Gasteiger partial charge in [-0.15, -0.1) is 0 Å². The molecule has 540 valence electrons. The summed E-state index contributed by atoms with van der Waals surface area (Å²) in [7, 11) is -5.75. The van der Waals surface area contributed by atoms with Crippen LogP contribution in [0.2, 0.25) is 0 Å². The Morgan fingerprint density at radius 1 is 0.424 bits per heavy atom. The van der Waals surface area contributed by atoms with Gasteiger partial charge in [-0.3, -0.25) is 18.6 Å². The number of rotatable bonds is 48. The summed E-state index contributed by atoms with van der Waals surface area (Å²) in [6, 6.07) is 0. The Balaban J connectivity index is 1.47. The van der Waals surface area contributed by atoms with Crippen molar-refractivity contribution < 1.29 is 137 Å². The highest BCUT2D eigenvalue weighted by molar-refractivity contribution is 7.47. The quantitative estimate of drug-likeness (QED) is 0.0180. The molecule has 0 aromatic rings. The first-order valence-electron chi connectivity index (χ1n) is 34.0. The van der Waals surface area contributed by atoms with Crippen LogP contribution in [0.1, 0.15) is 206 Å². The molecule has 4 rings (SSSR count). The molecular formula is C63H115O28P. The molecule has 29 heteroatoms. The smallest absolute Gasteiger partial charge is 0.462 e. The standard InChI is InChI=1S/C63H115O28P/c1-3-5-7-9-11-13-15-17-19-21-23-25-27-29-31-33-44(66)82-37-40(85-45(67)34-32-30-28-26-24-22-20-18-16-14-12-10-8-6-4-2)38-84-92(80,81)91-60-58(89-62-56(78)50(72)47(69)42(36-65)87-62)53(75)52(74)54(76)59(60)90-63-57(79)51(73)48(70)43(88-63)39-83-61-55(77)49(71)46(68)41(35-64)86-61/h17,19,40-43,46-65,68-79H,3-16,18,20-39H2,1-2H3,(H,80,81)/b19-17-/t40-,41?,42?,43?,46+,47-,48+,49?,50?,51?,52+,53?,54?,55+,56-,57+,58-,59?,60+,61-,62-,63+/m1/s1. The number of phosphoric ester groups is 1. The predicted molar refractivity (Wildman–Crippen MR) is 328 cm³/mol. The predicted octanol–water partition coefficient (Wildman–Crippen LogP) is 2.53. The van der Waals surface area contributed by atoms with Gasteiger partial charge >= 0.3 is 19.8 Å².